The summed E-state index contributed by atoms with van der Waals surface area (Å²) in [6.45, 7) is 6.04. The maximum Gasteiger partial charge on any atom is 0.122 e. The summed E-state index contributed by atoms with van der Waals surface area (Å²) >= 11 is 0. The highest BCUT2D eigenvalue weighted by atomic mass is 16.5. The molecule has 0 aliphatic rings. The summed E-state index contributed by atoms with van der Waals surface area (Å²) in [5, 5.41) is 0. The van der Waals surface area contributed by atoms with Crippen molar-refractivity contribution < 1.29 is 9.47 Å². The monoisotopic (exact) mass is 223 g/mol. The van der Waals surface area contributed by atoms with E-state index in [1.807, 2.05) is 32.0 Å². The van der Waals surface area contributed by atoms with Crippen molar-refractivity contribution >= 4 is 0 Å². The molecule has 2 N–H and O–H groups in total. The molecule has 0 aliphatic carbocycles. The summed E-state index contributed by atoms with van der Waals surface area (Å²) in [4.78, 5) is 0. The van der Waals surface area contributed by atoms with Crippen molar-refractivity contribution in [2.75, 3.05) is 19.8 Å². The Kier molecular flexibility index (Phi) is 5.72. The van der Waals surface area contributed by atoms with Crippen LogP contribution in [0.25, 0.3) is 0 Å². The Labute approximate surface area is 97.6 Å². The highest BCUT2D eigenvalue weighted by Gasteiger charge is 2.05. The number of hydrogen-bond acceptors (Lipinski definition) is 3. The molecule has 0 radical (unpaired) electrons. The summed E-state index contributed by atoms with van der Waals surface area (Å²) in [7, 11) is 0. The first-order valence-electron chi connectivity index (χ1n) is 5.90. The van der Waals surface area contributed by atoms with Crippen LogP contribution in [0.1, 0.15) is 25.8 Å². The van der Waals surface area contributed by atoms with E-state index in [0.717, 1.165) is 24.3 Å². The fourth-order valence-corrected chi connectivity index (χ4v) is 1.60. The molecule has 0 bridgehead atoms. The first-order valence-corrected chi connectivity index (χ1v) is 5.90. The van der Waals surface area contributed by atoms with Crippen LogP contribution in [0.4, 0.5) is 0 Å². The van der Waals surface area contributed by atoms with Gasteiger partial charge in [0, 0.05) is 0 Å². The number of rotatable bonds is 7. The minimum atomic E-state index is 0.684. The number of benzene rings is 1. The van der Waals surface area contributed by atoms with Crippen molar-refractivity contribution in [1.29, 1.82) is 0 Å². The summed E-state index contributed by atoms with van der Waals surface area (Å²) in [6.07, 6.45) is 1.91. The van der Waals surface area contributed by atoms with Crippen LogP contribution in [0.3, 0.4) is 0 Å². The standard InChI is InChI=1S/C13H21NO2/c1-3-15-12-7-8-13(16-4-2)11(10-12)6-5-9-14/h7-8,10H,3-6,9,14H2,1-2H3. The molecule has 0 amide bonds. The largest absolute Gasteiger partial charge is 0.494 e. The van der Waals surface area contributed by atoms with Gasteiger partial charge in [0.05, 0.1) is 13.2 Å². The molecule has 0 aromatic heterocycles. The Hall–Kier alpha value is -1.22. The Balaban J connectivity index is 2.82. The van der Waals surface area contributed by atoms with Gasteiger partial charge in [-0.25, -0.2) is 0 Å². The van der Waals surface area contributed by atoms with Gasteiger partial charge in [-0.1, -0.05) is 0 Å². The molecule has 0 aliphatic heterocycles. The summed E-state index contributed by atoms with van der Waals surface area (Å²) < 4.78 is 11.0. The van der Waals surface area contributed by atoms with Gasteiger partial charge in [0.25, 0.3) is 0 Å². The normalized spacial score (nSPS) is 10.2. The third-order valence-electron chi connectivity index (χ3n) is 2.29. The van der Waals surface area contributed by atoms with Crippen LogP contribution < -0.4 is 15.2 Å². The highest BCUT2D eigenvalue weighted by molar-refractivity contribution is 5.40. The zero-order valence-electron chi connectivity index (χ0n) is 10.2. The topological polar surface area (TPSA) is 44.5 Å². The molecule has 0 saturated heterocycles. The smallest absolute Gasteiger partial charge is 0.122 e. The highest BCUT2D eigenvalue weighted by Crippen LogP contribution is 2.25. The fraction of sp³-hybridized carbons (Fsp3) is 0.538. The molecule has 0 fully saturated rings. The second kappa shape index (κ2) is 7.12. The zero-order valence-corrected chi connectivity index (χ0v) is 10.2. The first kappa shape index (κ1) is 12.8. The van der Waals surface area contributed by atoms with Crippen LogP contribution in [-0.2, 0) is 6.42 Å². The van der Waals surface area contributed by atoms with Gasteiger partial charge < -0.3 is 15.2 Å². The van der Waals surface area contributed by atoms with Gasteiger partial charge in [-0.05, 0) is 57.0 Å². The van der Waals surface area contributed by atoms with Crippen LogP contribution in [0.2, 0.25) is 0 Å². The molecular formula is C13H21NO2. The predicted octanol–water partition coefficient (Wildman–Crippen LogP) is 2.38. The van der Waals surface area contributed by atoms with Crippen LogP contribution in [-0.4, -0.2) is 19.8 Å². The molecule has 3 heteroatoms. The van der Waals surface area contributed by atoms with E-state index in [4.69, 9.17) is 15.2 Å². The summed E-state index contributed by atoms with van der Waals surface area (Å²) in [6, 6.07) is 5.96. The van der Waals surface area contributed by atoms with E-state index in [2.05, 4.69) is 0 Å². The van der Waals surface area contributed by atoms with Crippen molar-refractivity contribution in [2.45, 2.75) is 26.7 Å². The van der Waals surface area contributed by atoms with Crippen molar-refractivity contribution in [1.82, 2.24) is 0 Å². The molecule has 0 spiro atoms. The molecule has 16 heavy (non-hydrogen) atoms. The van der Waals surface area contributed by atoms with Gasteiger partial charge in [0.1, 0.15) is 11.5 Å². The van der Waals surface area contributed by atoms with Gasteiger partial charge in [-0.3, -0.25) is 0 Å². The minimum Gasteiger partial charge on any atom is -0.494 e. The third-order valence-corrected chi connectivity index (χ3v) is 2.29. The van der Waals surface area contributed by atoms with Crippen molar-refractivity contribution in [3.05, 3.63) is 23.8 Å². The molecule has 90 valence electrons. The number of hydrogen-bond donors (Lipinski definition) is 1. The maximum atomic E-state index is 5.57. The third kappa shape index (κ3) is 3.74. The lowest BCUT2D eigenvalue weighted by Crippen LogP contribution is -2.03. The molecule has 0 heterocycles. The van der Waals surface area contributed by atoms with E-state index in [0.29, 0.717) is 19.8 Å². The molecule has 1 aromatic rings. The van der Waals surface area contributed by atoms with Crippen LogP contribution >= 0.6 is 0 Å². The van der Waals surface area contributed by atoms with Crippen LogP contribution in [0.15, 0.2) is 18.2 Å². The lowest BCUT2D eigenvalue weighted by molar-refractivity contribution is 0.327. The summed E-state index contributed by atoms with van der Waals surface area (Å²) in [5.41, 5.74) is 6.70. The number of aryl methyl sites for hydroxylation is 1. The van der Waals surface area contributed by atoms with Crippen molar-refractivity contribution in [3.63, 3.8) is 0 Å². The molecule has 1 aromatic carbocycles. The maximum absolute atomic E-state index is 5.57. The Morgan fingerprint density at radius 2 is 1.88 bits per heavy atom. The van der Waals surface area contributed by atoms with Gasteiger partial charge >= 0.3 is 0 Å². The Morgan fingerprint density at radius 3 is 2.50 bits per heavy atom. The molecular weight excluding hydrogens is 202 g/mol. The number of nitrogens with two attached hydrogens (primary N) is 1. The second-order valence-corrected chi connectivity index (χ2v) is 3.53. The van der Waals surface area contributed by atoms with E-state index in [-0.39, 0.29) is 0 Å². The number of ether oxygens (including phenoxy) is 2. The van der Waals surface area contributed by atoms with E-state index in [1.54, 1.807) is 0 Å². The predicted molar refractivity (Wildman–Crippen MR) is 66.2 cm³/mol. The van der Waals surface area contributed by atoms with Crippen molar-refractivity contribution in [3.8, 4) is 11.5 Å². The second-order valence-electron chi connectivity index (χ2n) is 3.53. The quantitative estimate of drug-likeness (QED) is 0.772. The first-order chi connectivity index (χ1) is 7.81. The molecule has 0 saturated carbocycles. The van der Waals surface area contributed by atoms with Gasteiger partial charge in [0.2, 0.25) is 0 Å². The lowest BCUT2D eigenvalue weighted by Gasteiger charge is -2.12. The SMILES string of the molecule is CCOc1ccc(OCC)c(CCCN)c1. The van der Waals surface area contributed by atoms with E-state index in [1.165, 1.54) is 5.56 Å². The molecule has 3 nitrogen and oxygen atoms in total. The molecule has 0 atom stereocenters. The fourth-order valence-electron chi connectivity index (χ4n) is 1.60. The zero-order chi connectivity index (χ0) is 11.8. The Bertz CT molecular complexity index is 313. The van der Waals surface area contributed by atoms with Crippen LogP contribution in [0.5, 0.6) is 11.5 Å². The summed E-state index contributed by atoms with van der Waals surface area (Å²) in [5.74, 6) is 1.84. The molecule has 0 unspecified atom stereocenters. The lowest BCUT2D eigenvalue weighted by atomic mass is 10.1. The Morgan fingerprint density at radius 1 is 1.12 bits per heavy atom. The average Bonchev–Trinajstić information content (AvgIpc) is 2.30. The van der Waals surface area contributed by atoms with Crippen LogP contribution in [0, 0.1) is 0 Å². The van der Waals surface area contributed by atoms with Gasteiger partial charge in [-0.15, -0.1) is 0 Å². The average molecular weight is 223 g/mol. The van der Waals surface area contributed by atoms with E-state index < -0.39 is 0 Å². The van der Waals surface area contributed by atoms with E-state index >= 15 is 0 Å². The molecule has 1 rings (SSSR count). The van der Waals surface area contributed by atoms with Gasteiger partial charge in [-0.2, -0.15) is 0 Å². The van der Waals surface area contributed by atoms with Gasteiger partial charge in [0.15, 0.2) is 0 Å². The van der Waals surface area contributed by atoms with Crippen molar-refractivity contribution in [2.24, 2.45) is 5.73 Å². The van der Waals surface area contributed by atoms with E-state index in [9.17, 15) is 0 Å². The minimum absolute atomic E-state index is 0.684.